The molecule has 0 unspecified atom stereocenters. The van der Waals surface area contributed by atoms with Crippen molar-refractivity contribution in [3.8, 4) is 46.0 Å². The van der Waals surface area contributed by atoms with Crippen LogP contribution in [0, 0.1) is 33.4 Å². The number of fused-ring (bicyclic) bond motifs is 2. The number of likely N-dealkylation sites (N-methyl/N-ethyl adjacent to an activating group) is 2. The number of anilines is 5. The lowest BCUT2D eigenvalue weighted by Crippen LogP contribution is -2.20. The van der Waals surface area contributed by atoms with Gasteiger partial charge in [-0.05, 0) is 70.7 Å². The van der Waals surface area contributed by atoms with E-state index in [1.165, 1.54) is 74.1 Å². The molecule has 4 aromatic carbocycles. The summed E-state index contributed by atoms with van der Waals surface area (Å²) in [6.45, 7) is 1.95. The van der Waals surface area contributed by atoms with E-state index in [1.807, 2.05) is 38.0 Å². The normalized spacial score (nSPS) is 11.1. The highest BCUT2D eigenvalue weighted by molar-refractivity contribution is 5.80. The average molecular weight is 1060 g/mol. The maximum Gasteiger partial charge on any atom is 0.313 e. The van der Waals surface area contributed by atoms with Crippen LogP contribution in [0.3, 0.4) is 0 Å². The number of hydrogen-bond acceptors (Lipinski definition) is 19. The van der Waals surface area contributed by atoms with E-state index in [9.17, 15) is 37.3 Å². The Morgan fingerprint density at radius 3 is 1.46 bits per heavy atom. The first kappa shape index (κ1) is 54.5. The zero-order valence-electron chi connectivity index (χ0n) is 42.1. The van der Waals surface area contributed by atoms with E-state index >= 15 is 0 Å². The van der Waals surface area contributed by atoms with Crippen molar-refractivity contribution in [2.24, 2.45) is 14.1 Å². The van der Waals surface area contributed by atoms with Crippen LogP contribution in [0.2, 0.25) is 0 Å². The Morgan fingerprint density at radius 1 is 0.605 bits per heavy atom. The monoisotopic (exact) mass is 1050 g/mol. The van der Waals surface area contributed by atoms with Gasteiger partial charge in [0.25, 0.3) is 11.1 Å². The molecule has 4 aromatic heterocycles. The number of rotatable bonds is 19. The number of nitro groups is 1. The van der Waals surface area contributed by atoms with Gasteiger partial charge in [-0.2, -0.15) is 9.97 Å². The van der Waals surface area contributed by atoms with Crippen LogP contribution in [-0.4, -0.2) is 113 Å². The van der Waals surface area contributed by atoms with Crippen LogP contribution >= 0.6 is 0 Å². The Hall–Kier alpha value is -9.30. The van der Waals surface area contributed by atoms with Gasteiger partial charge >= 0.3 is 5.69 Å². The molecule has 8 rings (SSSR count). The molecule has 0 amide bonds. The summed E-state index contributed by atoms with van der Waals surface area (Å²) < 4.78 is 89.9. The van der Waals surface area contributed by atoms with Crippen molar-refractivity contribution < 1.29 is 50.9 Å². The Labute approximate surface area is 429 Å². The van der Waals surface area contributed by atoms with Gasteiger partial charge in [0, 0.05) is 80.7 Å². The minimum Gasteiger partial charge on any atom is -0.494 e. The number of ether oxygens (including phenoxy) is 6. The summed E-state index contributed by atoms with van der Waals surface area (Å²) in [5.74, 6) is -3.01. The summed E-state index contributed by atoms with van der Waals surface area (Å²) in [4.78, 5) is 58.0. The SMILES string of the molecule is COc1cc(OCCN(C)C)c(N)cc1Nc1ncc2cc(Oc3ccc(F)cc3F)c(=O)n(C)c2n1.COc1cc(OCCN(C)C)c([N+](=O)[O-])cc1Nc1ncc2cc(Oc3ccc(F)cc3F)c(=O)n(C)c2n1. The van der Waals surface area contributed by atoms with Gasteiger partial charge in [0.15, 0.2) is 34.6 Å². The second-order valence-electron chi connectivity index (χ2n) is 17.0. The van der Waals surface area contributed by atoms with Crippen LogP contribution in [0.25, 0.3) is 22.1 Å². The molecule has 0 aliphatic rings. The molecule has 0 aliphatic carbocycles. The van der Waals surface area contributed by atoms with Gasteiger partial charge < -0.3 is 54.6 Å². The molecule has 76 heavy (non-hydrogen) atoms. The Morgan fingerprint density at radius 2 is 1.04 bits per heavy atom. The van der Waals surface area contributed by atoms with Crippen LogP contribution < -0.4 is 55.9 Å². The van der Waals surface area contributed by atoms with Crippen molar-refractivity contribution in [2.45, 2.75) is 0 Å². The molecule has 0 bridgehead atoms. The van der Waals surface area contributed by atoms with Crippen LogP contribution in [-0.2, 0) is 14.1 Å². The van der Waals surface area contributed by atoms with E-state index in [4.69, 9.17) is 34.2 Å². The molecule has 22 nitrogen and oxygen atoms in total. The number of nitrogen functional groups attached to an aromatic ring is 1. The Balaban J connectivity index is 0.000000221. The Bertz CT molecular complexity index is 3580. The number of methoxy groups -OCH3 is 2. The van der Waals surface area contributed by atoms with E-state index in [-0.39, 0.29) is 70.0 Å². The molecule has 0 radical (unpaired) electrons. The fourth-order valence-electron chi connectivity index (χ4n) is 7.02. The summed E-state index contributed by atoms with van der Waals surface area (Å²) in [5.41, 5.74) is 6.25. The summed E-state index contributed by atoms with van der Waals surface area (Å²) in [6.07, 6.45) is 2.87. The number of aromatic nitrogens is 6. The van der Waals surface area contributed by atoms with E-state index < -0.39 is 39.3 Å². The number of aryl methyl sites for hydroxylation is 2. The molecule has 0 spiro atoms. The highest BCUT2D eigenvalue weighted by atomic mass is 19.1. The summed E-state index contributed by atoms with van der Waals surface area (Å²) in [7, 11) is 13.4. The van der Waals surface area contributed by atoms with Crippen molar-refractivity contribution in [2.75, 3.05) is 85.1 Å². The van der Waals surface area contributed by atoms with E-state index in [2.05, 4.69) is 30.6 Å². The van der Waals surface area contributed by atoms with Crippen molar-refractivity contribution in [1.29, 1.82) is 0 Å². The quantitative estimate of drug-likeness (QED) is 0.0304. The zero-order chi connectivity index (χ0) is 55.0. The summed E-state index contributed by atoms with van der Waals surface area (Å²) in [6, 6.07) is 14.2. The van der Waals surface area contributed by atoms with Crippen LogP contribution in [0.1, 0.15) is 0 Å². The predicted molar refractivity (Wildman–Crippen MR) is 274 cm³/mol. The van der Waals surface area contributed by atoms with Gasteiger partial charge in [-0.25, -0.2) is 27.5 Å². The number of nitrogens with one attached hydrogen (secondary N) is 2. The molecule has 0 aliphatic heterocycles. The topological polar surface area (TPSA) is 251 Å². The lowest BCUT2D eigenvalue weighted by atomic mass is 10.2. The lowest BCUT2D eigenvalue weighted by molar-refractivity contribution is -0.385. The zero-order valence-corrected chi connectivity index (χ0v) is 42.1. The van der Waals surface area contributed by atoms with E-state index in [0.717, 1.165) is 30.8 Å². The first-order valence-electron chi connectivity index (χ1n) is 22.7. The molecule has 8 aromatic rings. The fourth-order valence-corrected chi connectivity index (χ4v) is 7.02. The van der Waals surface area contributed by atoms with E-state index in [0.29, 0.717) is 64.6 Å². The minimum absolute atomic E-state index is 0.0182. The third-order valence-electron chi connectivity index (χ3n) is 11.0. The number of halogens is 4. The molecule has 0 saturated heterocycles. The highest BCUT2D eigenvalue weighted by Gasteiger charge is 2.23. The summed E-state index contributed by atoms with van der Waals surface area (Å²) >= 11 is 0. The maximum absolute atomic E-state index is 14.0. The van der Waals surface area contributed by atoms with Gasteiger partial charge in [0.1, 0.15) is 53.4 Å². The molecular weight excluding hydrogens is 1000 g/mol. The molecule has 0 fully saturated rings. The molecule has 398 valence electrons. The van der Waals surface area contributed by atoms with Crippen molar-refractivity contribution in [3.63, 3.8) is 0 Å². The second kappa shape index (κ2) is 23.7. The average Bonchev–Trinajstić information content (AvgIpc) is 3.39. The van der Waals surface area contributed by atoms with Crippen LogP contribution in [0.15, 0.2) is 94.8 Å². The second-order valence-corrected chi connectivity index (χ2v) is 17.0. The number of benzene rings is 4. The first-order chi connectivity index (χ1) is 36.2. The van der Waals surface area contributed by atoms with Crippen molar-refractivity contribution in [3.05, 3.63) is 139 Å². The molecule has 4 N–H and O–H groups in total. The van der Waals surface area contributed by atoms with Gasteiger partial charge in [-0.3, -0.25) is 28.8 Å². The predicted octanol–water partition coefficient (Wildman–Crippen LogP) is 7.67. The molecule has 26 heteroatoms. The summed E-state index contributed by atoms with van der Waals surface area (Å²) in [5, 5.41) is 18.5. The smallest absolute Gasteiger partial charge is 0.313 e. The first-order valence-corrected chi connectivity index (χ1v) is 22.7. The molecule has 4 heterocycles. The van der Waals surface area contributed by atoms with Gasteiger partial charge in [0.2, 0.25) is 17.6 Å². The molecular formula is C50H50F4N12O10. The van der Waals surface area contributed by atoms with Crippen molar-refractivity contribution in [1.82, 2.24) is 38.9 Å². The molecule has 0 saturated carbocycles. The third-order valence-corrected chi connectivity index (χ3v) is 11.0. The van der Waals surface area contributed by atoms with Gasteiger partial charge in [-0.15, -0.1) is 0 Å². The fraction of sp³-hybridized carbons (Fsp3) is 0.240. The van der Waals surface area contributed by atoms with Gasteiger partial charge in [0.05, 0.1) is 36.2 Å². The van der Waals surface area contributed by atoms with Crippen LogP contribution in [0.4, 0.5) is 52.2 Å². The van der Waals surface area contributed by atoms with E-state index in [1.54, 1.807) is 12.1 Å². The highest BCUT2D eigenvalue weighted by Crippen LogP contribution is 2.40. The molecule has 0 atom stereocenters. The Kier molecular flexibility index (Phi) is 17.0. The largest absolute Gasteiger partial charge is 0.494 e. The number of nitrogens with zero attached hydrogens (tertiary/aromatic N) is 9. The third kappa shape index (κ3) is 12.9. The number of hydrogen-bond donors (Lipinski definition) is 3. The van der Waals surface area contributed by atoms with Crippen LogP contribution in [0.5, 0.6) is 46.0 Å². The number of pyridine rings is 2. The lowest BCUT2D eigenvalue weighted by Gasteiger charge is -2.16. The minimum atomic E-state index is -0.967. The van der Waals surface area contributed by atoms with Gasteiger partial charge in [-0.1, -0.05) is 0 Å². The number of nitrogens with two attached hydrogens (primary N) is 1. The number of nitro benzene ring substituents is 1. The van der Waals surface area contributed by atoms with Crippen molar-refractivity contribution >= 4 is 56.7 Å². The maximum atomic E-state index is 14.0. The standard InChI is InChI=1S/C25H24F2N6O6.C25H26F2N6O4/c1-31(2)7-8-38-21-12-20(37-4)17(11-18(21)33(35)36)29-25-28-13-14-9-22(24(34)32(3)23(14)30-25)39-19-6-5-15(26)10-16(19)27;1-32(2)7-8-36-20-12-21(35-4)18(11-17(20)28)30-25-29-13-14-9-22(24(34)33(3)23(14)31-25)37-19-6-5-15(26)10-16(19)27/h5-6,9-13H,7-8H2,1-4H3,(H,28,29,30);5-6,9-13H,7-8,28H2,1-4H3,(H,29,30,31).